The van der Waals surface area contributed by atoms with Gasteiger partial charge in [0, 0.05) is 29.7 Å². The number of carbonyl (C=O) groups is 2. The zero-order valence-electron chi connectivity index (χ0n) is 13.9. The lowest BCUT2D eigenvalue weighted by Crippen LogP contribution is -2.38. The maximum absolute atomic E-state index is 12.8. The normalized spacial score (nSPS) is 20.9. The van der Waals surface area contributed by atoms with Gasteiger partial charge in [0.15, 0.2) is 0 Å². The number of hydrogen-bond donors (Lipinski definition) is 3. The standard InChI is InChI=1S/C18H22N2O4/c1-10-16(14-9-13(21)7-8-15(14)20(10)2)17(22)19-12-5-3-11(4-6-12)18(23)24/h7-9,11-12,21H,3-6H2,1-2H3,(H,19,22)(H,23,24). The van der Waals surface area contributed by atoms with Crippen LogP contribution in [-0.2, 0) is 11.8 Å². The average Bonchev–Trinajstić information content (AvgIpc) is 2.78. The van der Waals surface area contributed by atoms with Gasteiger partial charge >= 0.3 is 5.97 Å². The first kappa shape index (κ1) is 16.4. The Balaban J connectivity index is 1.81. The third-order valence-electron chi connectivity index (χ3n) is 5.11. The second-order valence-corrected chi connectivity index (χ2v) is 6.58. The number of aryl methyl sites for hydroxylation is 1. The maximum atomic E-state index is 12.8. The molecule has 0 spiro atoms. The molecule has 6 heteroatoms. The second kappa shape index (κ2) is 6.19. The van der Waals surface area contributed by atoms with E-state index in [0.29, 0.717) is 31.2 Å². The van der Waals surface area contributed by atoms with E-state index in [4.69, 9.17) is 5.11 Å². The Kier molecular flexibility index (Phi) is 4.22. The van der Waals surface area contributed by atoms with Gasteiger partial charge in [-0.25, -0.2) is 0 Å². The van der Waals surface area contributed by atoms with Gasteiger partial charge in [-0.15, -0.1) is 0 Å². The molecule has 1 fully saturated rings. The largest absolute Gasteiger partial charge is 0.508 e. The summed E-state index contributed by atoms with van der Waals surface area (Å²) >= 11 is 0. The van der Waals surface area contributed by atoms with Crippen molar-refractivity contribution in [1.82, 2.24) is 9.88 Å². The Morgan fingerprint density at radius 3 is 2.50 bits per heavy atom. The zero-order valence-corrected chi connectivity index (χ0v) is 13.9. The number of amides is 1. The molecule has 0 atom stereocenters. The van der Waals surface area contributed by atoms with Gasteiger partial charge < -0.3 is 20.1 Å². The SMILES string of the molecule is Cc1c(C(=O)NC2CCC(C(=O)O)CC2)c2cc(O)ccc2n1C. The summed E-state index contributed by atoms with van der Waals surface area (Å²) in [5.41, 5.74) is 2.31. The van der Waals surface area contributed by atoms with Crippen molar-refractivity contribution in [3.63, 3.8) is 0 Å². The fourth-order valence-electron chi connectivity index (χ4n) is 3.59. The van der Waals surface area contributed by atoms with Gasteiger partial charge in [0.25, 0.3) is 5.91 Å². The predicted molar refractivity (Wildman–Crippen MR) is 90.2 cm³/mol. The van der Waals surface area contributed by atoms with Gasteiger partial charge in [0.05, 0.1) is 11.5 Å². The Morgan fingerprint density at radius 2 is 1.88 bits per heavy atom. The lowest BCUT2D eigenvalue weighted by atomic mass is 9.86. The van der Waals surface area contributed by atoms with Crippen molar-refractivity contribution >= 4 is 22.8 Å². The summed E-state index contributed by atoms with van der Waals surface area (Å²) < 4.78 is 1.94. The number of aliphatic carboxylic acids is 1. The predicted octanol–water partition coefficient (Wildman–Crippen LogP) is 2.57. The fourth-order valence-corrected chi connectivity index (χ4v) is 3.59. The van der Waals surface area contributed by atoms with E-state index >= 15 is 0 Å². The number of phenols is 1. The van der Waals surface area contributed by atoms with Crippen molar-refractivity contribution in [3.8, 4) is 5.75 Å². The summed E-state index contributed by atoms with van der Waals surface area (Å²) in [7, 11) is 1.89. The van der Waals surface area contributed by atoms with Gasteiger partial charge in [0.2, 0.25) is 0 Å². The highest BCUT2D eigenvalue weighted by molar-refractivity contribution is 6.08. The summed E-state index contributed by atoms with van der Waals surface area (Å²) in [6.07, 6.45) is 2.54. The second-order valence-electron chi connectivity index (χ2n) is 6.58. The number of aromatic hydroxyl groups is 1. The van der Waals surface area contributed by atoms with Crippen molar-refractivity contribution in [2.45, 2.75) is 38.6 Å². The molecular weight excluding hydrogens is 308 g/mol. The number of carbonyl (C=O) groups excluding carboxylic acids is 1. The molecule has 0 saturated heterocycles. The molecule has 6 nitrogen and oxygen atoms in total. The van der Waals surface area contributed by atoms with Crippen LogP contribution in [0.3, 0.4) is 0 Å². The number of fused-ring (bicyclic) bond motifs is 1. The number of benzene rings is 1. The Hall–Kier alpha value is -2.50. The maximum Gasteiger partial charge on any atom is 0.306 e. The quantitative estimate of drug-likeness (QED) is 0.806. The van der Waals surface area contributed by atoms with Crippen LogP contribution in [0.5, 0.6) is 5.75 Å². The number of carboxylic acids is 1. The molecule has 24 heavy (non-hydrogen) atoms. The molecule has 1 aliphatic carbocycles. The minimum absolute atomic E-state index is 0.0000605. The first-order chi connectivity index (χ1) is 11.4. The molecule has 1 aromatic heterocycles. The van der Waals surface area contributed by atoms with E-state index in [-0.39, 0.29) is 23.6 Å². The molecule has 0 unspecified atom stereocenters. The van der Waals surface area contributed by atoms with E-state index in [1.165, 1.54) is 0 Å². The molecule has 1 aromatic carbocycles. The third kappa shape index (κ3) is 2.84. The molecule has 1 saturated carbocycles. The summed E-state index contributed by atoms with van der Waals surface area (Å²) in [5, 5.41) is 22.6. The first-order valence-corrected chi connectivity index (χ1v) is 8.20. The summed E-state index contributed by atoms with van der Waals surface area (Å²) in [6.45, 7) is 1.88. The molecule has 1 aliphatic rings. The van der Waals surface area contributed by atoms with Crippen LogP contribution in [0.4, 0.5) is 0 Å². The topological polar surface area (TPSA) is 91.6 Å². The van der Waals surface area contributed by atoms with E-state index in [1.807, 2.05) is 18.5 Å². The van der Waals surface area contributed by atoms with E-state index < -0.39 is 5.97 Å². The van der Waals surface area contributed by atoms with Gasteiger partial charge in [-0.1, -0.05) is 0 Å². The van der Waals surface area contributed by atoms with Gasteiger partial charge in [0.1, 0.15) is 5.75 Å². The number of rotatable bonds is 3. The van der Waals surface area contributed by atoms with Crippen molar-refractivity contribution in [1.29, 1.82) is 0 Å². The molecule has 2 aromatic rings. The molecule has 0 aliphatic heterocycles. The van der Waals surface area contributed by atoms with Crippen LogP contribution < -0.4 is 5.32 Å². The van der Waals surface area contributed by atoms with Crippen molar-refractivity contribution in [3.05, 3.63) is 29.5 Å². The van der Waals surface area contributed by atoms with Crippen molar-refractivity contribution < 1.29 is 19.8 Å². The van der Waals surface area contributed by atoms with E-state index in [9.17, 15) is 14.7 Å². The van der Waals surface area contributed by atoms with Crippen LogP contribution in [-0.4, -0.2) is 32.7 Å². The summed E-state index contributed by atoms with van der Waals surface area (Å²) in [4.78, 5) is 23.8. The van der Waals surface area contributed by atoms with Crippen LogP contribution in [0.1, 0.15) is 41.7 Å². The Bertz CT molecular complexity index is 801. The van der Waals surface area contributed by atoms with Crippen LogP contribution in [0.2, 0.25) is 0 Å². The number of hydrogen-bond acceptors (Lipinski definition) is 3. The minimum atomic E-state index is -0.750. The zero-order chi connectivity index (χ0) is 17.4. The van der Waals surface area contributed by atoms with Crippen LogP contribution in [0.25, 0.3) is 10.9 Å². The Labute approximate surface area is 140 Å². The summed E-state index contributed by atoms with van der Waals surface area (Å²) in [5.74, 6) is -1.08. The highest BCUT2D eigenvalue weighted by Crippen LogP contribution is 2.29. The number of nitrogens with one attached hydrogen (secondary N) is 1. The Morgan fingerprint density at radius 1 is 1.21 bits per heavy atom. The smallest absolute Gasteiger partial charge is 0.306 e. The molecule has 3 rings (SSSR count). The van der Waals surface area contributed by atoms with Gasteiger partial charge in [-0.2, -0.15) is 0 Å². The van der Waals surface area contributed by atoms with E-state index in [0.717, 1.165) is 16.6 Å². The molecule has 3 N–H and O–H groups in total. The lowest BCUT2D eigenvalue weighted by Gasteiger charge is -2.26. The minimum Gasteiger partial charge on any atom is -0.508 e. The highest BCUT2D eigenvalue weighted by Gasteiger charge is 2.28. The first-order valence-electron chi connectivity index (χ1n) is 8.20. The number of phenolic OH excluding ortho intramolecular Hbond substituents is 1. The third-order valence-corrected chi connectivity index (χ3v) is 5.11. The molecule has 0 radical (unpaired) electrons. The molecule has 128 valence electrons. The molecule has 1 amide bonds. The lowest BCUT2D eigenvalue weighted by molar-refractivity contribution is -0.142. The highest BCUT2D eigenvalue weighted by atomic mass is 16.4. The van der Waals surface area contributed by atoms with Crippen LogP contribution in [0.15, 0.2) is 18.2 Å². The fraction of sp³-hybridized carbons (Fsp3) is 0.444. The molecular formula is C18H22N2O4. The van der Waals surface area contributed by atoms with E-state index in [2.05, 4.69) is 5.32 Å². The van der Waals surface area contributed by atoms with Crippen molar-refractivity contribution in [2.75, 3.05) is 0 Å². The van der Waals surface area contributed by atoms with Crippen LogP contribution >= 0.6 is 0 Å². The average molecular weight is 330 g/mol. The van der Waals surface area contributed by atoms with Crippen LogP contribution in [0, 0.1) is 12.8 Å². The van der Waals surface area contributed by atoms with Crippen molar-refractivity contribution in [2.24, 2.45) is 13.0 Å². The molecule has 0 bridgehead atoms. The monoisotopic (exact) mass is 330 g/mol. The molecule has 1 heterocycles. The van der Waals surface area contributed by atoms with Gasteiger partial charge in [-0.05, 0) is 50.8 Å². The number of aromatic nitrogens is 1. The van der Waals surface area contributed by atoms with Gasteiger partial charge in [-0.3, -0.25) is 9.59 Å². The number of carboxylic acid groups (broad SMARTS) is 1. The summed E-state index contributed by atoms with van der Waals surface area (Å²) in [6, 6.07) is 5.02. The van der Waals surface area contributed by atoms with E-state index in [1.54, 1.807) is 18.2 Å². The number of nitrogens with zero attached hydrogens (tertiary/aromatic N) is 1.